The highest BCUT2D eigenvalue weighted by atomic mass is 15.0. The molecule has 0 amide bonds. The number of benzene rings is 1. The van der Waals surface area contributed by atoms with Crippen molar-refractivity contribution in [3.63, 3.8) is 0 Å². The van der Waals surface area contributed by atoms with E-state index < -0.39 is 0 Å². The predicted octanol–water partition coefficient (Wildman–Crippen LogP) is 5.70. The molecule has 2 aromatic rings. The third kappa shape index (κ3) is 4.51. The Morgan fingerprint density at radius 3 is 2.55 bits per heavy atom. The normalized spacial score (nSPS) is 13.1. The number of pyridine rings is 1. The van der Waals surface area contributed by atoms with E-state index >= 15 is 0 Å². The summed E-state index contributed by atoms with van der Waals surface area (Å²) in [5.74, 6) is 0. The lowest BCUT2D eigenvalue weighted by Gasteiger charge is -2.15. The fourth-order valence-electron chi connectivity index (χ4n) is 3.52. The molecule has 0 atom stereocenters. The minimum Gasteiger partial charge on any atom is -0.259 e. The summed E-state index contributed by atoms with van der Waals surface area (Å²) in [6, 6.07) is 10.2. The lowest BCUT2D eigenvalue weighted by molar-refractivity contribution is 0.822. The molecule has 0 fully saturated rings. The number of hydrogen-bond donors (Lipinski definition) is 0. The van der Waals surface area contributed by atoms with Gasteiger partial charge in [-0.3, -0.25) is 9.98 Å². The fourth-order valence-corrected chi connectivity index (χ4v) is 3.52. The smallest absolute Gasteiger partial charge is 0.131 e. The molecule has 0 spiro atoms. The lowest BCUT2D eigenvalue weighted by Crippen LogP contribution is -2.31. The molecule has 1 aliphatic heterocycles. The van der Waals surface area contributed by atoms with E-state index in [0.29, 0.717) is 6.67 Å². The monoisotopic (exact) mass is 383 g/mol. The SMILES string of the molecule is C=C/C=C\C(=C/CC)c1c(C(=C)CCCC)nc(-c2ccccc2)c2c1=NCN=2. The van der Waals surface area contributed by atoms with Gasteiger partial charge in [-0.05, 0) is 30.4 Å². The Bertz CT molecular complexity index is 1070. The quantitative estimate of drug-likeness (QED) is 0.512. The first-order valence-electron chi connectivity index (χ1n) is 10.4. The zero-order chi connectivity index (χ0) is 20.6. The van der Waals surface area contributed by atoms with Gasteiger partial charge in [-0.15, -0.1) is 0 Å². The van der Waals surface area contributed by atoms with Crippen molar-refractivity contribution in [3.05, 3.63) is 89.8 Å². The molecule has 1 aromatic carbocycles. The van der Waals surface area contributed by atoms with Gasteiger partial charge in [0, 0.05) is 11.1 Å². The molecule has 0 bridgehead atoms. The highest BCUT2D eigenvalue weighted by Gasteiger charge is 2.20. The second-order valence-corrected chi connectivity index (χ2v) is 7.07. The Morgan fingerprint density at radius 1 is 1.10 bits per heavy atom. The average molecular weight is 384 g/mol. The third-order valence-corrected chi connectivity index (χ3v) is 4.94. The van der Waals surface area contributed by atoms with Crippen LogP contribution in [0, 0.1) is 0 Å². The molecule has 3 nitrogen and oxygen atoms in total. The van der Waals surface area contributed by atoms with Crippen LogP contribution in [0.4, 0.5) is 0 Å². The first-order valence-corrected chi connectivity index (χ1v) is 10.4. The van der Waals surface area contributed by atoms with E-state index in [-0.39, 0.29) is 0 Å². The molecule has 2 heterocycles. The Kier molecular flexibility index (Phi) is 7.07. The highest BCUT2D eigenvalue weighted by molar-refractivity contribution is 5.83. The van der Waals surface area contributed by atoms with E-state index in [1.165, 1.54) is 0 Å². The van der Waals surface area contributed by atoms with Crippen LogP contribution in [-0.4, -0.2) is 11.7 Å². The number of aromatic nitrogens is 1. The third-order valence-electron chi connectivity index (χ3n) is 4.94. The summed E-state index contributed by atoms with van der Waals surface area (Å²) in [4.78, 5) is 14.6. The van der Waals surface area contributed by atoms with E-state index in [1.807, 2.05) is 24.3 Å². The molecule has 1 aromatic heterocycles. The zero-order valence-corrected chi connectivity index (χ0v) is 17.5. The number of nitrogens with zero attached hydrogens (tertiary/aromatic N) is 3. The van der Waals surface area contributed by atoms with E-state index in [9.17, 15) is 0 Å². The van der Waals surface area contributed by atoms with Crippen molar-refractivity contribution in [2.24, 2.45) is 9.98 Å². The van der Waals surface area contributed by atoms with Gasteiger partial charge in [0.1, 0.15) is 12.0 Å². The molecule has 3 rings (SSSR count). The van der Waals surface area contributed by atoms with Crippen LogP contribution in [0.25, 0.3) is 22.4 Å². The summed E-state index contributed by atoms with van der Waals surface area (Å²) in [6.45, 7) is 13.0. The first-order chi connectivity index (χ1) is 14.2. The molecular formula is C26H29N3. The molecule has 3 heteroatoms. The van der Waals surface area contributed by atoms with Crippen LogP contribution in [0.1, 0.15) is 50.8 Å². The summed E-state index contributed by atoms with van der Waals surface area (Å²) in [6.07, 6.45) is 12.1. The maximum Gasteiger partial charge on any atom is 0.131 e. The minimum atomic E-state index is 0.444. The van der Waals surface area contributed by atoms with E-state index in [0.717, 1.165) is 70.1 Å². The average Bonchev–Trinajstić information content (AvgIpc) is 3.24. The highest BCUT2D eigenvalue weighted by Crippen LogP contribution is 2.27. The number of fused-ring (bicyclic) bond motifs is 1. The Balaban J connectivity index is 2.33. The summed E-state index contributed by atoms with van der Waals surface area (Å²) in [7, 11) is 0. The Labute approximate surface area is 173 Å². The maximum atomic E-state index is 5.12. The maximum absolute atomic E-state index is 5.12. The van der Waals surface area contributed by atoms with E-state index in [1.54, 1.807) is 6.08 Å². The molecule has 0 unspecified atom stereocenters. The molecule has 148 valence electrons. The van der Waals surface area contributed by atoms with Crippen LogP contribution in [0.15, 0.2) is 77.8 Å². The number of unbranched alkanes of at least 4 members (excludes halogenated alkanes) is 1. The Morgan fingerprint density at radius 2 is 1.86 bits per heavy atom. The summed E-state index contributed by atoms with van der Waals surface area (Å²) < 4.78 is 0. The van der Waals surface area contributed by atoms with Gasteiger partial charge >= 0.3 is 0 Å². The van der Waals surface area contributed by atoms with Gasteiger partial charge in [-0.2, -0.15) is 0 Å². The van der Waals surface area contributed by atoms with Crippen molar-refractivity contribution < 1.29 is 0 Å². The largest absolute Gasteiger partial charge is 0.259 e. The zero-order valence-electron chi connectivity index (χ0n) is 17.5. The van der Waals surface area contributed by atoms with Gasteiger partial charge in [0.25, 0.3) is 0 Å². The van der Waals surface area contributed by atoms with Gasteiger partial charge in [0.05, 0.1) is 16.7 Å². The van der Waals surface area contributed by atoms with Crippen molar-refractivity contribution in [1.29, 1.82) is 0 Å². The molecular weight excluding hydrogens is 354 g/mol. The Hall–Kier alpha value is -3.07. The van der Waals surface area contributed by atoms with E-state index in [4.69, 9.17) is 15.0 Å². The van der Waals surface area contributed by atoms with Crippen molar-refractivity contribution in [1.82, 2.24) is 4.98 Å². The predicted molar refractivity (Wildman–Crippen MR) is 123 cm³/mol. The molecule has 0 saturated heterocycles. The van der Waals surface area contributed by atoms with Crippen LogP contribution in [-0.2, 0) is 0 Å². The minimum absolute atomic E-state index is 0.444. The van der Waals surface area contributed by atoms with E-state index in [2.05, 4.69) is 51.3 Å². The molecule has 1 aliphatic rings. The summed E-state index contributed by atoms with van der Waals surface area (Å²) in [5, 5.41) is 1.81. The van der Waals surface area contributed by atoms with Crippen molar-refractivity contribution >= 4 is 11.1 Å². The molecule has 0 radical (unpaired) electrons. The molecule has 0 saturated carbocycles. The second-order valence-electron chi connectivity index (χ2n) is 7.07. The van der Waals surface area contributed by atoms with Crippen LogP contribution >= 0.6 is 0 Å². The van der Waals surface area contributed by atoms with Crippen LogP contribution in [0.2, 0.25) is 0 Å². The van der Waals surface area contributed by atoms with Gasteiger partial charge in [0.15, 0.2) is 0 Å². The topological polar surface area (TPSA) is 37.6 Å². The molecule has 29 heavy (non-hydrogen) atoms. The van der Waals surface area contributed by atoms with Gasteiger partial charge in [0.2, 0.25) is 0 Å². The number of allylic oxidation sites excluding steroid dienone is 6. The van der Waals surface area contributed by atoms with Crippen molar-refractivity contribution in [2.75, 3.05) is 6.67 Å². The summed E-state index contributed by atoms with van der Waals surface area (Å²) >= 11 is 0. The lowest BCUT2D eigenvalue weighted by atomic mass is 9.94. The van der Waals surface area contributed by atoms with Crippen LogP contribution < -0.4 is 10.7 Å². The first kappa shape index (κ1) is 20.7. The standard InChI is InChI=1S/C26H29N3/c1-5-8-14-19(4)23-22(20(13-7-3)15-9-6-2)25-26(28-18-27-25)24(29-23)21-16-11-10-12-17-21/h6,9-13,15-17H,2,4-5,7-8,14,18H2,1,3H3/b15-9-,20-13+. The van der Waals surface area contributed by atoms with Crippen molar-refractivity contribution in [3.8, 4) is 11.3 Å². The number of rotatable bonds is 9. The molecule has 0 aliphatic carbocycles. The number of hydrogen-bond acceptors (Lipinski definition) is 3. The van der Waals surface area contributed by atoms with Gasteiger partial charge in [-0.25, -0.2) is 4.98 Å². The second kappa shape index (κ2) is 9.92. The van der Waals surface area contributed by atoms with Crippen LogP contribution in [0.3, 0.4) is 0 Å². The molecule has 0 N–H and O–H groups in total. The van der Waals surface area contributed by atoms with Gasteiger partial charge < -0.3 is 0 Å². The fraction of sp³-hybridized carbons (Fsp3) is 0.269. The van der Waals surface area contributed by atoms with Gasteiger partial charge in [-0.1, -0.05) is 88.1 Å². The summed E-state index contributed by atoms with van der Waals surface area (Å²) in [5.41, 5.74) is 6.08. The van der Waals surface area contributed by atoms with Crippen LogP contribution in [0.5, 0.6) is 0 Å². The van der Waals surface area contributed by atoms with Crippen molar-refractivity contribution in [2.45, 2.75) is 39.5 Å².